The van der Waals surface area contributed by atoms with Crippen LogP contribution in [-0.2, 0) is 4.74 Å². The number of fused-ring (bicyclic) bond motifs is 1. The highest BCUT2D eigenvalue weighted by atomic mass is 35.5. The predicted molar refractivity (Wildman–Crippen MR) is 135 cm³/mol. The summed E-state index contributed by atoms with van der Waals surface area (Å²) in [5.41, 5.74) is 1.00. The number of aromatic nitrogens is 2. The van der Waals surface area contributed by atoms with Crippen molar-refractivity contribution in [3.63, 3.8) is 0 Å². The van der Waals surface area contributed by atoms with Crippen LogP contribution in [0.3, 0.4) is 0 Å². The summed E-state index contributed by atoms with van der Waals surface area (Å²) in [6.07, 6.45) is 0.454. The van der Waals surface area contributed by atoms with E-state index in [1.165, 1.54) is 22.8 Å². The molecule has 1 atom stereocenters. The van der Waals surface area contributed by atoms with Crippen molar-refractivity contribution in [3.8, 4) is 5.69 Å². The van der Waals surface area contributed by atoms with Gasteiger partial charge in [0.2, 0.25) is 0 Å². The lowest BCUT2D eigenvalue weighted by Crippen LogP contribution is -2.40. The van der Waals surface area contributed by atoms with Crippen LogP contribution >= 0.6 is 11.6 Å². The average Bonchev–Trinajstić information content (AvgIpc) is 2.86. The van der Waals surface area contributed by atoms with E-state index in [1.807, 2.05) is 13.0 Å². The second-order valence-corrected chi connectivity index (χ2v) is 8.47. The Morgan fingerprint density at radius 1 is 1.11 bits per heavy atom. The van der Waals surface area contributed by atoms with Crippen molar-refractivity contribution < 1.29 is 13.9 Å². The normalized spacial score (nSPS) is 12.0. The maximum atomic E-state index is 13.9. The Labute approximate surface area is 207 Å². The number of hydrogen-bond donors (Lipinski definition) is 0. The molecule has 1 heterocycles. The zero-order valence-electron chi connectivity index (χ0n) is 19.4. The molecule has 0 fully saturated rings. The number of para-hydroxylation sites is 1. The van der Waals surface area contributed by atoms with Gasteiger partial charge in [-0.1, -0.05) is 42.8 Å². The first-order chi connectivity index (χ1) is 16.9. The molecule has 6 nitrogen and oxygen atoms in total. The SMILES string of the molecule is CCC(c1nc2ccccc2c(=O)n1-c1cccc(Cl)c1)N(CCOC)C(=O)c1cccc(F)c1. The molecule has 0 radical (unpaired) electrons. The van der Waals surface area contributed by atoms with Crippen molar-refractivity contribution in [2.75, 3.05) is 20.3 Å². The fourth-order valence-corrected chi connectivity index (χ4v) is 4.34. The summed E-state index contributed by atoms with van der Waals surface area (Å²) < 4.78 is 20.7. The van der Waals surface area contributed by atoms with E-state index in [9.17, 15) is 14.0 Å². The molecule has 0 aliphatic heterocycles. The molecule has 3 aromatic carbocycles. The van der Waals surface area contributed by atoms with Crippen molar-refractivity contribution in [2.45, 2.75) is 19.4 Å². The van der Waals surface area contributed by atoms with E-state index in [0.717, 1.165) is 0 Å². The van der Waals surface area contributed by atoms with Crippen LogP contribution in [0.25, 0.3) is 16.6 Å². The molecule has 0 saturated carbocycles. The summed E-state index contributed by atoms with van der Waals surface area (Å²) >= 11 is 6.26. The standard InChI is InChI=1S/C27H25ClFN3O3/c1-3-24(31(14-15-35-2)26(33)18-8-6-10-20(29)16-18)25-30-23-13-5-4-12-22(23)27(34)32(25)21-11-7-9-19(28)17-21/h4-13,16-17,24H,3,14-15H2,1-2H3. The van der Waals surface area contributed by atoms with Crippen molar-refractivity contribution in [1.82, 2.24) is 14.5 Å². The summed E-state index contributed by atoms with van der Waals surface area (Å²) in [5.74, 6) is -0.497. The van der Waals surface area contributed by atoms with Crippen molar-refractivity contribution in [1.29, 1.82) is 0 Å². The Hall–Kier alpha value is -3.55. The number of nitrogens with zero attached hydrogens (tertiary/aromatic N) is 3. The van der Waals surface area contributed by atoms with E-state index < -0.39 is 11.9 Å². The van der Waals surface area contributed by atoms with E-state index in [2.05, 4.69) is 0 Å². The number of rotatable bonds is 8. The number of halogens is 2. The molecule has 4 aromatic rings. The van der Waals surface area contributed by atoms with Gasteiger partial charge in [0.05, 0.1) is 29.2 Å². The topological polar surface area (TPSA) is 64.4 Å². The number of amides is 1. The van der Waals surface area contributed by atoms with Gasteiger partial charge in [-0.2, -0.15) is 0 Å². The van der Waals surface area contributed by atoms with E-state index in [1.54, 1.807) is 60.5 Å². The Kier molecular flexibility index (Phi) is 7.58. The Bertz CT molecular complexity index is 1420. The lowest BCUT2D eigenvalue weighted by molar-refractivity contribution is 0.0579. The van der Waals surface area contributed by atoms with Crippen LogP contribution in [0, 0.1) is 5.82 Å². The molecule has 180 valence electrons. The number of carbonyl (C=O) groups is 1. The van der Waals surface area contributed by atoms with Crippen LogP contribution in [0.15, 0.2) is 77.6 Å². The minimum atomic E-state index is -0.600. The van der Waals surface area contributed by atoms with E-state index in [-0.39, 0.29) is 30.2 Å². The summed E-state index contributed by atoms with van der Waals surface area (Å²) in [6.45, 7) is 2.39. The third kappa shape index (κ3) is 5.11. The largest absolute Gasteiger partial charge is 0.383 e. The molecule has 0 bridgehead atoms. The van der Waals surface area contributed by atoms with Gasteiger partial charge in [0, 0.05) is 24.2 Å². The zero-order chi connectivity index (χ0) is 24.9. The molecule has 35 heavy (non-hydrogen) atoms. The van der Waals surface area contributed by atoms with Crippen molar-refractivity contribution >= 4 is 28.4 Å². The highest BCUT2D eigenvalue weighted by Gasteiger charge is 2.30. The molecular formula is C27H25ClFN3O3. The fraction of sp³-hybridized carbons (Fsp3) is 0.222. The monoisotopic (exact) mass is 493 g/mol. The second-order valence-electron chi connectivity index (χ2n) is 8.03. The molecule has 1 aromatic heterocycles. The minimum absolute atomic E-state index is 0.206. The molecule has 0 saturated heterocycles. The third-order valence-electron chi connectivity index (χ3n) is 5.80. The number of methoxy groups -OCH3 is 1. The zero-order valence-corrected chi connectivity index (χ0v) is 20.2. The number of ether oxygens (including phenoxy) is 1. The molecule has 1 unspecified atom stereocenters. The molecule has 1 amide bonds. The third-order valence-corrected chi connectivity index (χ3v) is 6.03. The summed E-state index contributed by atoms with van der Waals surface area (Å²) in [4.78, 5) is 33.7. The van der Waals surface area contributed by atoms with E-state index in [4.69, 9.17) is 21.3 Å². The maximum absolute atomic E-state index is 13.9. The molecule has 4 rings (SSSR count). The first-order valence-corrected chi connectivity index (χ1v) is 11.7. The molecule has 0 aliphatic rings. The highest BCUT2D eigenvalue weighted by molar-refractivity contribution is 6.30. The first-order valence-electron chi connectivity index (χ1n) is 11.3. The van der Waals surface area contributed by atoms with Crippen LogP contribution < -0.4 is 5.56 Å². The van der Waals surface area contributed by atoms with Crippen LogP contribution in [0.1, 0.15) is 35.6 Å². The second kappa shape index (κ2) is 10.8. The Morgan fingerprint density at radius 3 is 2.60 bits per heavy atom. The van der Waals surface area contributed by atoms with E-state index >= 15 is 0 Å². The molecular weight excluding hydrogens is 469 g/mol. The number of hydrogen-bond acceptors (Lipinski definition) is 4. The number of carbonyl (C=O) groups excluding carboxylic acids is 1. The predicted octanol–water partition coefficient (Wildman–Crippen LogP) is 5.42. The van der Waals surface area contributed by atoms with Gasteiger partial charge >= 0.3 is 0 Å². The molecule has 0 aliphatic carbocycles. The van der Waals surface area contributed by atoms with Crippen LogP contribution in [0.2, 0.25) is 5.02 Å². The molecule has 8 heteroatoms. The van der Waals surface area contributed by atoms with Gasteiger partial charge in [-0.15, -0.1) is 0 Å². The van der Waals surface area contributed by atoms with E-state index in [0.29, 0.717) is 33.9 Å². The average molecular weight is 494 g/mol. The number of benzene rings is 3. The smallest absolute Gasteiger partial charge is 0.266 e. The van der Waals surface area contributed by atoms with Crippen LogP contribution in [0.5, 0.6) is 0 Å². The summed E-state index contributed by atoms with van der Waals surface area (Å²) in [7, 11) is 1.54. The van der Waals surface area contributed by atoms with Gasteiger partial charge in [0.1, 0.15) is 11.6 Å². The van der Waals surface area contributed by atoms with Crippen molar-refractivity contribution in [2.24, 2.45) is 0 Å². The lowest BCUT2D eigenvalue weighted by Gasteiger charge is -2.32. The van der Waals surface area contributed by atoms with Gasteiger partial charge in [-0.05, 0) is 55.0 Å². The van der Waals surface area contributed by atoms with Crippen LogP contribution in [0.4, 0.5) is 4.39 Å². The summed E-state index contributed by atoms with van der Waals surface area (Å²) in [6, 6.07) is 19.0. The Balaban J connectivity index is 1.95. The van der Waals surface area contributed by atoms with Gasteiger partial charge in [-0.25, -0.2) is 9.37 Å². The lowest BCUT2D eigenvalue weighted by atomic mass is 10.1. The highest BCUT2D eigenvalue weighted by Crippen LogP contribution is 2.28. The molecule has 0 N–H and O–H groups in total. The Morgan fingerprint density at radius 2 is 1.89 bits per heavy atom. The van der Waals surface area contributed by atoms with Crippen LogP contribution in [-0.4, -0.2) is 40.6 Å². The minimum Gasteiger partial charge on any atom is -0.383 e. The molecule has 0 spiro atoms. The maximum Gasteiger partial charge on any atom is 0.266 e. The van der Waals surface area contributed by atoms with Crippen molar-refractivity contribution in [3.05, 3.63) is 105 Å². The quantitative estimate of drug-likeness (QED) is 0.329. The van der Waals surface area contributed by atoms with Gasteiger partial charge in [0.25, 0.3) is 11.5 Å². The van der Waals surface area contributed by atoms with Gasteiger partial charge in [0.15, 0.2) is 0 Å². The van der Waals surface area contributed by atoms with Gasteiger partial charge < -0.3 is 9.64 Å². The first kappa shape index (κ1) is 24.6. The summed E-state index contributed by atoms with van der Waals surface area (Å²) in [5, 5.41) is 0.916. The van der Waals surface area contributed by atoms with Gasteiger partial charge in [-0.3, -0.25) is 14.2 Å². The fourth-order valence-electron chi connectivity index (χ4n) is 4.16.